The highest BCUT2D eigenvalue weighted by atomic mass is 32.1. The van der Waals surface area contributed by atoms with Gasteiger partial charge in [0, 0.05) is 34.3 Å². The summed E-state index contributed by atoms with van der Waals surface area (Å²) in [5.41, 5.74) is 0.567. The Hall–Kier alpha value is -2.36. The summed E-state index contributed by atoms with van der Waals surface area (Å²) >= 11 is 1.46. The van der Waals surface area contributed by atoms with Gasteiger partial charge in [0.2, 0.25) is 0 Å². The highest BCUT2D eigenvalue weighted by molar-refractivity contribution is 7.10. The number of aromatic nitrogens is 1. The largest absolute Gasteiger partial charge is 0.384 e. The van der Waals surface area contributed by atoms with Crippen LogP contribution in [-0.4, -0.2) is 22.6 Å². The summed E-state index contributed by atoms with van der Waals surface area (Å²) in [5, 5.41) is 13.1. The third-order valence-corrected chi connectivity index (χ3v) is 3.39. The van der Waals surface area contributed by atoms with Crippen LogP contribution in [0.15, 0.2) is 34.7 Å². The van der Waals surface area contributed by atoms with Gasteiger partial charge in [0.25, 0.3) is 5.91 Å². The van der Waals surface area contributed by atoms with Crippen molar-refractivity contribution in [3.8, 4) is 11.8 Å². The number of aliphatic hydroxyl groups excluding tert-OH is 1. The molecular formula is C14H12N2O3S. The standard InChI is InChI=1S/C14H12N2O3S/c17-5-1-2-10-6-11(20-9-10)7-16-14(19)12-8-15-4-3-13(12)18/h3-4,6,8-9,17H,5,7H2,(H,15,18)(H,16,19). The molecule has 2 aromatic rings. The zero-order valence-electron chi connectivity index (χ0n) is 10.5. The van der Waals surface area contributed by atoms with E-state index in [4.69, 9.17) is 5.11 Å². The van der Waals surface area contributed by atoms with Crippen LogP contribution in [0.3, 0.4) is 0 Å². The number of hydrogen-bond acceptors (Lipinski definition) is 4. The van der Waals surface area contributed by atoms with Crippen molar-refractivity contribution in [3.63, 3.8) is 0 Å². The van der Waals surface area contributed by atoms with E-state index < -0.39 is 5.91 Å². The van der Waals surface area contributed by atoms with Gasteiger partial charge in [-0.05, 0) is 6.07 Å². The van der Waals surface area contributed by atoms with Gasteiger partial charge in [-0.25, -0.2) is 0 Å². The Morgan fingerprint density at radius 3 is 3.10 bits per heavy atom. The molecule has 0 unspecified atom stereocenters. The first-order chi connectivity index (χ1) is 9.70. The van der Waals surface area contributed by atoms with Crippen LogP contribution in [0, 0.1) is 11.8 Å². The van der Waals surface area contributed by atoms with Gasteiger partial charge in [-0.3, -0.25) is 9.59 Å². The van der Waals surface area contributed by atoms with Gasteiger partial charge >= 0.3 is 0 Å². The second kappa shape index (κ2) is 6.70. The minimum atomic E-state index is -0.414. The fourth-order valence-corrected chi connectivity index (χ4v) is 2.29. The van der Waals surface area contributed by atoms with E-state index in [1.54, 1.807) is 0 Å². The minimum absolute atomic E-state index is 0.0874. The number of H-pyrrole nitrogens is 1. The lowest BCUT2D eigenvalue weighted by Gasteiger charge is -2.02. The molecule has 0 aliphatic carbocycles. The van der Waals surface area contributed by atoms with Crippen LogP contribution >= 0.6 is 11.3 Å². The number of amides is 1. The van der Waals surface area contributed by atoms with E-state index in [9.17, 15) is 9.59 Å². The second-order valence-corrected chi connectivity index (χ2v) is 4.86. The normalized spacial score (nSPS) is 9.65. The number of carbonyl (C=O) groups excluding carboxylic acids is 1. The van der Waals surface area contributed by atoms with Crippen molar-refractivity contribution in [1.82, 2.24) is 10.3 Å². The number of hydrogen-bond donors (Lipinski definition) is 3. The molecule has 20 heavy (non-hydrogen) atoms. The summed E-state index contributed by atoms with van der Waals surface area (Å²) in [5.74, 6) is 4.93. The smallest absolute Gasteiger partial charge is 0.257 e. The topological polar surface area (TPSA) is 82.2 Å². The van der Waals surface area contributed by atoms with E-state index in [1.165, 1.54) is 29.8 Å². The Kier molecular flexibility index (Phi) is 4.71. The van der Waals surface area contributed by atoms with Crippen molar-refractivity contribution < 1.29 is 9.90 Å². The van der Waals surface area contributed by atoms with Gasteiger partial charge in [0.1, 0.15) is 12.2 Å². The van der Waals surface area contributed by atoms with Crippen LogP contribution < -0.4 is 10.7 Å². The first kappa shape index (κ1) is 14.1. The maximum atomic E-state index is 11.8. The Morgan fingerprint density at radius 1 is 1.50 bits per heavy atom. The summed E-state index contributed by atoms with van der Waals surface area (Å²) in [4.78, 5) is 26.9. The average Bonchev–Trinajstić information content (AvgIpc) is 2.91. The molecule has 6 heteroatoms. The third-order valence-electron chi connectivity index (χ3n) is 2.46. The molecule has 1 amide bonds. The van der Waals surface area contributed by atoms with Crippen LogP contribution in [-0.2, 0) is 6.54 Å². The highest BCUT2D eigenvalue weighted by Crippen LogP contribution is 2.13. The molecule has 2 aromatic heterocycles. The number of rotatable bonds is 3. The average molecular weight is 288 g/mol. The fourth-order valence-electron chi connectivity index (χ4n) is 1.54. The Bertz CT molecular complexity index is 722. The molecule has 0 fully saturated rings. The third kappa shape index (κ3) is 3.57. The summed E-state index contributed by atoms with van der Waals surface area (Å²) in [6, 6.07) is 3.14. The van der Waals surface area contributed by atoms with Gasteiger partial charge in [-0.15, -0.1) is 11.3 Å². The Labute approximate surface area is 119 Å². The van der Waals surface area contributed by atoms with E-state index >= 15 is 0 Å². The molecular weight excluding hydrogens is 276 g/mol. The molecule has 2 rings (SSSR count). The molecule has 102 valence electrons. The van der Waals surface area contributed by atoms with Crippen molar-refractivity contribution in [2.75, 3.05) is 6.61 Å². The number of carbonyl (C=O) groups is 1. The van der Waals surface area contributed by atoms with Crippen LogP contribution in [0.25, 0.3) is 0 Å². The molecule has 0 spiro atoms. The molecule has 0 saturated carbocycles. The van der Waals surface area contributed by atoms with Crippen molar-refractivity contribution in [1.29, 1.82) is 0 Å². The number of aliphatic hydroxyl groups is 1. The van der Waals surface area contributed by atoms with Crippen molar-refractivity contribution in [3.05, 3.63) is 56.1 Å². The van der Waals surface area contributed by atoms with Crippen LogP contribution in [0.1, 0.15) is 20.8 Å². The first-order valence-electron chi connectivity index (χ1n) is 5.83. The first-order valence-corrected chi connectivity index (χ1v) is 6.71. The molecule has 0 atom stereocenters. The number of aromatic amines is 1. The van der Waals surface area contributed by atoms with Crippen molar-refractivity contribution in [2.24, 2.45) is 0 Å². The predicted octanol–water partition coefficient (Wildman–Crippen LogP) is 0.710. The fraction of sp³-hybridized carbons (Fsp3) is 0.143. The van der Waals surface area contributed by atoms with Crippen molar-refractivity contribution in [2.45, 2.75) is 6.54 Å². The monoisotopic (exact) mass is 288 g/mol. The second-order valence-electron chi connectivity index (χ2n) is 3.87. The zero-order valence-corrected chi connectivity index (χ0v) is 11.3. The van der Waals surface area contributed by atoms with E-state index in [2.05, 4.69) is 22.1 Å². The number of thiophene rings is 1. The van der Waals surface area contributed by atoms with E-state index in [-0.39, 0.29) is 17.6 Å². The van der Waals surface area contributed by atoms with Gasteiger partial charge in [0.05, 0.1) is 6.54 Å². The van der Waals surface area contributed by atoms with Gasteiger partial charge < -0.3 is 15.4 Å². The maximum absolute atomic E-state index is 11.8. The Morgan fingerprint density at radius 2 is 2.35 bits per heavy atom. The SMILES string of the molecule is O=C(NCc1cc(C#CCO)cs1)c1c[nH]ccc1=O. The van der Waals surface area contributed by atoms with Gasteiger partial charge in [-0.1, -0.05) is 11.8 Å². The van der Waals surface area contributed by atoms with Crippen molar-refractivity contribution >= 4 is 17.2 Å². The maximum Gasteiger partial charge on any atom is 0.257 e. The number of nitrogens with one attached hydrogen (secondary N) is 2. The molecule has 0 aromatic carbocycles. The van der Waals surface area contributed by atoms with Crippen LogP contribution in [0.5, 0.6) is 0 Å². The quantitative estimate of drug-likeness (QED) is 0.728. The molecule has 0 aliphatic heterocycles. The molecule has 0 radical (unpaired) electrons. The molecule has 0 bridgehead atoms. The van der Waals surface area contributed by atoms with E-state index in [0.29, 0.717) is 6.54 Å². The number of pyridine rings is 1. The highest BCUT2D eigenvalue weighted by Gasteiger charge is 2.09. The van der Waals surface area contributed by atoms with Gasteiger partial charge in [0.15, 0.2) is 5.43 Å². The molecule has 0 saturated heterocycles. The summed E-state index contributed by atoms with van der Waals surface area (Å²) in [7, 11) is 0. The predicted molar refractivity (Wildman–Crippen MR) is 76.5 cm³/mol. The Balaban J connectivity index is 1.99. The van der Waals surface area contributed by atoms with E-state index in [0.717, 1.165) is 10.4 Å². The summed E-state index contributed by atoms with van der Waals surface area (Å²) < 4.78 is 0. The minimum Gasteiger partial charge on any atom is -0.384 e. The summed E-state index contributed by atoms with van der Waals surface area (Å²) in [6.45, 7) is 0.150. The van der Waals surface area contributed by atoms with E-state index in [1.807, 2.05) is 11.4 Å². The molecule has 2 heterocycles. The molecule has 3 N–H and O–H groups in total. The molecule has 5 nitrogen and oxygen atoms in total. The summed E-state index contributed by atoms with van der Waals surface area (Å²) in [6.07, 6.45) is 2.86. The lowest BCUT2D eigenvalue weighted by molar-refractivity contribution is 0.0950. The lowest BCUT2D eigenvalue weighted by Crippen LogP contribution is -2.27. The zero-order chi connectivity index (χ0) is 14.4. The van der Waals surface area contributed by atoms with Crippen LogP contribution in [0.2, 0.25) is 0 Å². The van der Waals surface area contributed by atoms with Crippen LogP contribution in [0.4, 0.5) is 0 Å². The van der Waals surface area contributed by atoms with Gasteiger partial charge in [-0.2, -0.15) is 0 Å². The molecule has 0 aliphatic rings. The lowest BCUT2D eigenvalue weighted by atomic mass is 10.2.